The summed E-state index contributed by atoms with van der Waals surface area (Å²) in [5.74, 6) is 0.159. The molecule has 0 saturated carbocycles. The molecule has 90 valence electrons. The zero-order chi connectivity index (χ0) is 11.7. The number of carbonyl (C=O) groups is 1. The molecular formula is C10H22N2O3. The van der Waals surface area contributed by atoms with E-state index < -0.39 is 6.10 Å². The van der Waals surface area contributed by atoms with Crippen LogP contribution in [0.15, 0.2) is 0 Å². The zero-order valence-corrected chi connectivity index (χ0v) is 9.53. The summed E-state index contributed by atoms with van der Waals surface area (Å²) >= 11 is 0. The number of nitrogens with one attached hydrogen (secondary N) is 1. The molecule has 0 heterocycles. The maximum atomic E-state index is 11.4. The number of hydrogen-bond donors (Lipinski definition) is 3. The van der Waals surface area contributed by atoms with Crippen LogP contribution in [0.5, 0.6) is 0 Å². The zero-order valence-electron chi connectivity index (χ0n) is 9.53. The molecule has 0 fully saturated rings. The maximum Gasteiger partial charge on any atom is 0.220 e. The average molecular weight is 218 g/mol. The van der Waals surface area contributed by atoms with Crippen LogP contribution in [0.1, 0.15) is 19.8 Å². The molecular weight excluding hydrogens is 196 g/mol. The average Bonchev–Trinajstić information content (AvgIpc) is 2.23. The van der Waals surface area contributed by atoms with Gasteiger partial charge in [-0.15, -0.1) is 0 Å². The molecule has 5 nitrogen and oxygen atoms in total. The monoisotopic (exact) mass is 218 g/mol. The molecule has 0 aromatic heterocycles. The van der Waals surface area contributed by atoms with E-state index in [0.29, 0.717) is 13.0 Å². The summed E-state index contributed by atoms with van der Waals surface area (Å²) < 4.78 is 4.74. The fraction of sp³-hybridized carbons (Fsp3) is 0.900. The Labute approximate surface area is 91.0 Å². The van der Waals surface area contributed by atoms with E-state index in [2.05, 4.69) is 5.32 Å². The van der Waals surface area contributed by atoms with Gasteiger partial charge in [0.2, 0.25) is 5.91 Å². The number of nitrogens with two attached hydrogens (primary N) is 1. The van der Waals surface area contributed by atoms with E-state index in [-0.39, 0.29) is 25.0 Å². The lowest BCUT2D eigenvalue weighted by atomic mass is 10.0. The molecule has 0 aliphatic carbocycles. The number of rotatable bonds is 8. The van der Waals surface area contributed by atoms with Gasteiger partial charge in [-0.05, 0) is 12.5 Å². The molecule has 1 amide bonds. The molecule has 2 unspecified atom stereocenters. The number of carbonyl (C=O) groups excluding carboxylic acids is 1. The third-order valence-corrected chi connectivity index (χ3v) is 2.28. The lowest BCUT2D eigenvalue weighted by molar-refractivity contribution is -0.122. The van der Waals surface area contributed by atoms with Gasteiger partial charge in [-0.25, -0.2) is 0 Å². The van der Waals surface area contributed by atoms with Gasteiger partial charge in [0.25, 0.3) is 0 Å². The molecule has 0 spiro atoms. The van der Waals surface area contributed by atoms with Crippen molar-refractivity contribution in [3.05, 3.63) is 0 Å². The van der Waals surface area contributed by atoms with Crippen molar-refractivity contribution in [3.8, 4) is 0 Å². The van der Waals surface area contributed by atoms with Crippen LogP contribution in [0.3, 0.4) is 0 Å². The minimum absolute atomic E-state index is 0.0672. The Morgan fingerprint density at radius 1 is 1.60 bits per heavy atom. The molecule has 5 heteroatoms. The maximum absolute atomic E-state index is 11.4. The largest absolute Gasteiger partial charge is 0.389 e. The highest BCUT2D eigenvalue weighted by atomic mass is 16.5. The molecule has 2 atom stereocenters. The van der Waals surface area contributed by atoms with Gasteiger partial charge in [0.15, 0.2) is 0 Å². The van der Waals surface area contributed by atoms with Crippen molar-refractivity contribution in [1.29, 1.82) is 0 Å². The molecule has 0 aromatic rings. The van der Waals surface area contributed by atoms with Gasteiger partial charge >= 0.3 is 0 Å². The Morgan fingerprint density at radius 3 is 2.73 bits per heavy atom. The summed E-state index contributed by atoms with van der Waals surface area (Å²) in [5.41, 5.74) is 5.49. The van der Waals surface area contributed by atoms with Gasteiger partial charge in [0.05, 0.1) is 12.7 Å². The van der Waals surface area contributed by atoms with Crippen LogP contribution < -0.4 is 11.1 Å². The smallest absolute Gasteiger partial charge is 0.220 e. The summed E-state index contributed by atoms with van der Waals surface area (Å²) in [5, 5.41) is 11.9. The predicted octanol–water partition coefficient (Wildman–Crippen LogP) is -0.515. The highest BCUT2D eigenvalue weighted by Gasteiger charge is 2.11. The van der Waals surface area contributed by atoms with Crippen molar-refractivity contribution in [2.24, 2.45) is 11.7 Å². The lowest BCUT2D eigenvalue weighted by Crippen LogP contribution is -2.35. The number of aliphatic hydroxyl groups excluding tert-OH is 1. The van der Waals surface area contributed by atoms with E-state index in [4.69, 9.17) is 10.5 Å². The van der Waals surface area contributed by atoms with E-state index in [9.17, 15) is 9.90 Å². The second kappa shape index (κ2) is 8.64. The van der Waals surface area contributed by atoms with Gasteiger partial charge in [0.1, 0.15) is 0 Å². The van der Waals surface area contributed by atoms with Gasteiger partial charge in [-0.1, -0.05) is 13.3 Å². The summed E-state index contributed by atoms with van der Waals surface area (Å²) in [4.78, 5) is 11.4. The molecule has 0 bridgehead atoms. The topological polar surface area (TPSA) is 84.6 Å². The number of aliphatic hydroxyl groups is 1. The summed E-state index contributed by atoms with van der Waals surface area (Å²) in [6, 6.07) is 0. The van der Waals surface area contributed by atoms with Gasteiger partial charge < -0.3 is 20.9 Å². The summed E-state index contributed by atoms with van der Waals surface area (Å²) in [6.07, 6.45) is 0.675. The van der Waals surface area contributed by atoms with Gasteiger partial charge in [-0.3, -0.25) is 4.79 Å². The number of ether oxygens (including phenoxy) is 1. The van der Waals surface area contributed by atoms with Crippen molar-refractivity contribution in [2.45, 2.75) is 25.9 Å². The van der Waals surface area contributed by atoms with Crippen LogP contribution in [0, 0.1) is 5.92 Å². The second-order valence-electron chi connectivity index (χ2n) is 3.63. The Balaban J connectivity index is 3.64. The molecule has 0 aliphatic heterocycles. The predicted molar refractivity (Wildman–Crippen MR) is 58.3 cm³/mol. The Morgan fingerprint density at radius 2 is 2.27 bits per heavy atom. The van der Waals surface area contributed by atoms with Crippen LogP contribution in [-0.4, -0.2) is 43.9 Å². The highest BCUT2D eigenvalue weighted by Crippen LogP contribution is 2.05. The van der Waals surface area contributed by atoms with E-state index in [1.807, 2.05) is 6.92 Å². The third kappa shape index (κ3) is 7.30. The SMILES string of the molecule is CCC(CN)CC(=O)NCC(O)COC. The Kier molecular flexibility index (Phi) is 8.27. The van der Waals surface area contributed by atoms with Crippen molar-refractivity contribution >= 4 is 5.91 Å². The Hall–Kier alpha value is -0.650. The van der Waals surface area contributed by atoms with Crippen LogP contribution in [-0.2, 0) is 9.53 Å². The highest BCUT2D eigenvalue weighted by molar-refractivity contribution is 5.76. The van der Waals surface area contributed by atoms with E-state index in [0.717, 1.165) is 6.42 Å². The lowest BCUT2D eigenvalue weighted by Gasteiger charge is -2.14. The third-order valence-electron chi connectivity index (χ3n) is 2.28. The van der Waals surface area contributed by atoms with Crippen molar-refractivity contribution in [1.82, 2.24) is 5.32 Å². The van der Waals surface area contributed by atoms with E-state index in [1.165, 1.54) is 7.11 Å². The second-order valence-corrected chi connectivity index (χ2v) is 3.63. The summed E-state index contributed by atoms with van der Waals surface area (Å²) in [6.45, 7) is 2.98. The quantitative estimate of drug-likeness (QED) is 0.512. The minimum atomic E-state index is -0.642. The fourth-order valence-electron chi connectivity index (χ4n) is 1.21. The Bertz CT molecular complexity index is 172. The first-order valence-corrected chi connectivity index (χ1v) is 5.27. The first-order chi connectivity index (χ1) is 7.13. The van der Waals surface area contributed by atoms with Crippen molar-refractivity contribution in [3.63, 3.8) is 0 Å². The normalized spacial score (nSPS) is 14.7. The minimum Gasteiger partial charge on any atom is -0.389 e. The molecule has 0 aliphatic rings. The van der Waals surface area contributed by atoms with Crippen LogP contribution in [0.2, 0.25) is 0 Å². The number of methoxy groups -OCH3 is 1. The van der Waals surface area contributed by atoms with E-state index in [1.54, 1.807) is 0 Å². The van der Waals surface area contributed by atoms with Crippen LogP contribution in [0.4, 0.5) is 0 Å². The molecule has 0 rings (SSSR count). The van der Waals surface area contributed by atoms with E-state index >= 15 is 0 Å². The molecule has 15 heavy (non-hydrogen) atoms. The number of amides is 1. The van der Waals surface area contributed by atoms with Crippen LogP contribution >= 0.6 is 0 Å². The molecule has 0 radical (unpaired) electrons. The standard InChI is InChI=1S/C10H22N2O3/c1-3-8(5-11)4-10(14)12-6-9(13)7-15-2/h8-9,13H,3-7,11H2,1-2H3,(H,12,14). The molecule has 0 aromatic carbocycles. The fourth-order valence-corrected chi connectivity index (χ4v) is 1.21. The van der Waals surface area contributed by atoms with Crippen molar-refractivity contribution < 1.29 is 14.6 Å². The molecule has 4 N–H and O–H groups in total. The van der Waals surface area contributed by atoms with Gasteiger partial charge in [0, 0.05) is 20.1 Å². The molecule has 0 saturated heterocycles. The van der Waals surface area contributed by atoms with Gasteiger partial charge in [-0.2, -0.15) is 0 Å². The first kappa shape index (κ1) is 14.3. The van der Waals surface area contributed by atoms with Crippen molar-refractivity contribution in [2.75, 3.05) is 26.8 Å². The summed E-state index contributed by atoms with van der Waals surface area (Å²) in [7, 11) is 1.51. The number of hydrogen-bond acceptors (Lipinski definition) is 4. The first-order valence-electron chi connectivity index (χ1n) is 5.27. The van der Waals surface area contributed by atoms with Crippen LogP contribution in [0.25, 0.3) is 0 Å².